The van der Waals surface area contributed by atoms with E-state index in [1.54, 1.807) is 26.8 Å². The molecule has 0 unspecified atom stereocenters. The highest BCUT2D eigenvalue weighted by Gasteiger charge is 2.19. The molecule has 1 amide bonds. The van der Waals surface area contributed by atoms with E-state index in [-0.39, 0.29) is 10.8 Å². The summed E-state index contributed by atoms with van der Waals surface area (Å²) in [6, 6.07) is 6.49. The molecule has 0 spiro atoms. The lowest BCUT2D eigenvalue weighted by Crippen LogP contribution is -2.16. The van der Waals surface area contributed by atoms with Gasteiger partial charge in [-0.3, -0.25) is 4.79 Å². The van der Waals surface area contributed by atoms with E-state index in [0.29, 0.717) is 31.2 Å². The number of carbonyl (C=O) groups is 1. The number of halogens is 1. The van der Waals surface area contributed by atoms with E-state index < -0.39 is 10.0 Å². The molecule has 3 N–H and O–H groups in total. The number of thiazole rings is 1. The van der Waals surface area contributed by atoms with Gasteiger partial charge in [-0.25, -0.2) is 18.5 Å². The normalized spacial score (nSPS) is 11.6. The molecular formula is C17H16ClN3O3S3. The zero-order chi connectivity index (χ0) is 19.9. The van der Waals surface area contributed by atoms with E-state index in [1.165, 1.54) is 34.8 Å². The van der Waals surface area contributed by atoms with Gasteiger partial charge in [0.25, 0.3) is 5.91 Å². The standard InChI is InChI=1S/C17H16ClN3O3S3/c1-8-6-11(27(19,23)24)7-12(9(8)2)21-16(22)15-10(3)20-17(26-15)13-4-5-14(18)25-13/h4-7H,1-3H3,(H,21,22)(H2,19,23,24). The van der Waals surface area contributed by atoms with Gasteiger partial charge < -0.3 is 5.32 Å². The first-order valence-corrected chi connectivity index (χ1v) is 11.3. The largest absolute Gasteiger partial charge is 0.321 e. The monoisotopic (exact) mass is 441 g/mol. The fourth-order valence-corrected chi connectivity index (χ4v) is 5.12. The van der Waals surface area contributed by atoms with Crippen molar-refractivity contribution >= 4 is 55.9 Å². The molecule has 27 heavy (non-hydrogen) atoms. The summed E-state index contributed by atoms with van der Waals surface area (Å²) in [6.45, 7) is 5.32. The number of aryl methyl sites for hydroxylation is 2. The van der Waals surface area contributed by atoms with Gasteiger partial charge in [-0.15, -0.1) is 22.7 Å². The Bertz CT molecular complexity index is 1150. The Morgan fingerprint density at radius 3 is 2.48 bits per heavy atom. The average Bonchev–Trinajstić information content (AvgIpc) is 3.16. The SMILES string of the molecule is Cc1cc(S(N)(=O)=O)cc(NC(=O)c2sc(-c3ccc(Cl)s3)nc2C)c1C. The Balaban J connectivity index is 1.95. The summed E-state index contributed by atoms with van der Waals surface area (Å²) in [5, 5.41) is 8.71. The third kappa shape index (κ3) is 4.22. The van der Waals surface area contributed by atoms with E-state index in [0.717, 1.165) is 10.4 Å². The number of amides is 1. The maximum Gasteiger partial charge on any atom is 0.267 e. The van der Waals surface area contributed by atoms with Gasteiger partial charge in [0.15, 0.2) is 0 Å². The van der Waals surface area contributed by atoms with Gasteiger partial charge in [0, 0.05) is 5.69 Å². The average molecular weight is 442 g/mol. The van der Waals surface area contributed by atoms with Crippen molar-refractivity contribution < 1.29 is 13.2 Å². The minimum Gasteiger partial charge on any atom is -0.321 e. The molecule has 0 fully saturated rings. The third-order valence-corrected chi connectivity index (χ3v) is 7.45. The van der Waals surface area contributed by atoms with Crippen molar-refractivity contribution in [3.63, 3.8) is 0 Å². The first-order chi connectivity index (χ1) is 12.6. The molecule has 6 nitrogen and oxygen atoms in total. The molecule has 2 aromatic heterocycles. The van der Waals surface area contributed by atoms with Crippen molar-refractivity contribution in [3.8, 4) is 9.88 Å². The van der Waals surface area contributed by atoms with E-state index >= 15 is 0 Å². The molecule has 0 aliphatic rings. The Morgan fingerprint density at radius 2 is 1.89 bits per heavy atom. The fourth-order valence-electron chi connectivity index (χ4n) is 2.44. The first-order valence-electron chi connectivity index (χ1n) is 7.75. The van der Waals surface area contributed by atoms with E-state index in [2.05, 4.69) is 10.3 Å². The molecule has 10 heteroatoms. The second kappa shape index (κ2) is 7.33. The van der Waals surface area contributed by atoms with Crippen LogP contribution in [0.25, 0.3) is 9.88 Å². The maximum atomic E-state index is 12.8. The van der Waals surface area contributed by atoms with Gasteiger partial charge in [-0.05, 0) is 56.2 Å². The molecule has 2 heterocycles. The van der Waals surface area contributed by atoms with Gasteiger partial charge in [0.2, 0.25) is 10.0 Å². The number of carbonyl (C=O) groups excluding carboxylic acids is 1. The number of nitrogens with zero attached hydrogens (tertiary/aromatic N) is 1. The molecule has 3 rings (SSSR count). The van der Waals surface area contributed by atoms with Crippen LogP contribution in [0.1, 0.15) is 26.5 Å². The Kier molecular flexibility index (Phi) is 5.42. The van der Waals surface area contributed by atoms with Crippen LogP contribution >= 0.6 is 34.3 Å². The van der Waals surface area contributed by atoms with E-state index in [4.69, 9.17) is 16.7 Å². The lowest BCUT2D eigenvalue weighted by Gasteiger charge is -2.12. The van der Waals surface area contributed by atoms with Crippen LogP contribution in [0, 0.1) is 20.8 Å². The highest BCUT2D eigenvalue weighted by Crippen LogP contribution is 2.35. The van der Waals surface area contributed by atoms with Crippen LogP contribution in [-0.2, 0) is 10.0 Å². The van der Waals surface area contributed by atoms with Crippen LogP contribution in [0.4, 0.5) is 5.69 Å². The van der Waals surface area contributed by atoms with Crippen LogP contribution in [0.2, 0.25) is 4.34 Å². The summed E-state index contributed by atoms with van der Waals surface area (Å²) in [6.07, 6.45) is 0. The number of nitrogens with one attached hydrogen (secondary N) is 1. The molecule has 0 bridgehead atoms. The Hall–Kier alpha value is -1.78. The Morgan fingerprint density at radius 1 is 1.19 bits per heavy atom. The molecule has 0 aliphatic carbocycles. The molecule has 0 saturated carbocycles. The van der Waals surface area contributed by atoms with Gasteiger partial charge >= 0.3 is 0 Å². The van der Waals surface area contributed by atoms with E-state index in [1.807, 2.05) is 6.07 Å². The van der Waals surface area contributed by atoms with Crippen LogP contribution in [0.5, 0.6) is 0 Å². The summed E-state index contributed by atoms with van der Waals surface area (Å²) >= 11 is 8.61. The molecular weight excluding hydrogens is 426 g/mol. The number of hydrogen-bond donors (Lipinski definition) is 2. The maximum absolute atomic E-state index is 12.8. The van der Waals surface area contributed by atoms with Gasteiger partial charge in [-0.2, -0.15) is 0 Å². The van der Waals surface area contributed by atoms with Crippen molar-refractivity contribution in [1.29, 1.82) is 0 Å². The number of thiophene rings is 1. The Labute approximate surface area is 170 Å². The molecule has 0 atom stereocenters. The summed E-state index contributed by atoms with van der Waals surface area (Å²) < 4.78 is 24.0. The van der Waals surface area contributed by atoms with Crippen LogP contribution in [0.3, 0.4) is 0 Å². The summed E-state index contributed by atoms with van der Waals surface area (Å²) in [5.74, 6) is -0.354. The summed E-state index contributed by atoms with van der Waals surface area (Å²) in [4.78, 5) is 18.5. The van der Waals surface area contributed by atoms with Crippen LogP contribution in [0.15, 0.2) is 29.2 Å². The highest BCUT2D eigenvalue weighted by atomic mass is 35.5. The van der Waals surface area contributed by atoms with Crippen molar-refractivity contribution in [2.45, 2.75) is 25.7 Å². The fraction of sp³-hybridized carbons (Fsp3) is 0.176. The number of hydrogen-bond acceptors (Lipinski definition) is 6. The van der Waals surface area contributed by atoms with Crippen LogP contribution < -0.4 is 10.5 Å². The number of benzene rings is 1. The molecule has 0 radical (unpaired) electrons. The van der Waals surface area contributed by atoms with Gasteiger partial charge in [0.05, 0.1) is 19.8 Å². The molecule has 0 aliphatic heterocycles. The number of rotatable bonds is 4. The molecule has 0 saturated heterocycles. The zero-order valence-corrected chi connectivity index (χ0v) is 17.9. The number of anilines is 1. The van der Waals surface area contributed by atoms with Gasteiger partial charge in [0.1, 0.15) is 9.88 Å². The topological polar surface area (TPSA) is 102 Å². The summed E-state index contributed by atoms with van der Waals surface area (Å²) in [7, 11) is -3.87. The molecule has 1 aromatic carbocycles. The lowest BCUT2D eigenvalue weighted by molar-refractivity contribution is 0.102. The van der Waals surface area contributed by atoms with Crippen molar-refractivity contribution in [2.75, 3.05) is 5.32 Å². The van der Waals surface area contributed by atoms with Crippen molar-refractivity contribution in [3.05, 3.63) is 50.3 Å². The predicted molar refractivity (Wildman–Crippen MR) is 110 cm³/mol. The van der Waals surface area contributed by atoms with Crippen molar-refractivity contribution in [1.82, 2.24) is 4.98 Å². The highest BCUT2D eigenvalue weighted by molar-refractivity contribution is 7.89. The quantitative estimate of drug-likeness (QED) is 0.628. The van der Waals surface area contributed by atoms with Crippen molar-refractivity contribution in [2.24, 2.45) is 5.14 Å². The lowest BCUT2D eigenvalue weighted by atomic mass is 10.1. The molecule has 142 valence electrons. The smallest absolute Gasteiger partial charge is 0.267 e. The van der Waals surface area contributed by atoms with E-state index in [9.17, 15) is 13.2 Å². The molecule has 3 aromatic rings. The van der Waals surface area contributed by atoms with Gasteiger partial charge in [-0.1, -0.05) is 11.6 Å². The zero-order valence-electron chi connectivity index (χ0n) is 14.7. The minimum atomic E-state index is -3.87. The minimum absolute atomic E-state index is 0.0455. The number of aromatic nitrogens is 1. The number of nitrogens with two attached hydrogens (primary N) is 1. The predicted octanol–water partition coefficient (Wildman–Crippen LogP) is 4.35. The number of sulfonamides is 1. The third-order valence-electron chi connectivity index (χ3n) is 4.00. The first kappa shape index (κ1) is 20.0. The van der Waals surface area contributed by atoms with Crippen LogP contribution in [-0.4, -0.2) is 19.3 Å². The summed E-state index contributed by atoms with van der Waals surface area (Å²) in [5.41, 5.74) is 2.47. The number of primary sulfonamides is 1. The second-order valence-corrected chi connectivity index (χ2v) is 10.2. The second-order valence-electron chi connectivity index (χ2n) is 5.95.